The largest absolute Gasteiger partial charge is 0.493 e. The maximum Gasteiger partial charge on any atom is 0.234 e. The Morgan fingerprint density at radius 2 is 1.58 bits per heavy atom. The molecular formula is C19H28N3O2+3. The van der Waals surface area contributed by atoms with E-state index in [0.717, 1.165) is 24.6 Å². The van der Waals surface area contributed by atoms with Crippen LogP contribution >= 0.6 is 0 Å². The first kappa shape index (κ1) is 16.7. The first-order valence-electron chi connectivity index (χ1n) is 8.62. The number of H-pyrrole nitrogens is 1. The number of quaternary nitrogens is 2. The van der Waals surface area contributed by atoms with Crippen molar-refractivity contribution in [1.29, 1.82) is 0 Å². The molecule has 24 heavy (non-hydrogen) atoms. The van der Waals surface area contributed by atoms with Crippen LogP contribution in [0.4, 0.5) is 0 Å². The van der Waals surface area contributed by atoms with Crippen LogP contribution in [0.25, 0.3) is 0 Å². The second-order valence-corrected chi connectivity index (χ2v) is 6.43. The van der Waals surface area contributed by atoms with Crippen molar-refractivity contribution in [3.05, 3.63) is 53.9 Å². The zero-order valence-corrected chi connectivity index (χ0v) is 14.6. The summed E-state index contributed by atoms with van der Waals surface area (Å²) < 4.78 is 10.7. The summed E-state index contributed by atoms with van der Waals surface area (Å²) in [6, 6.07) is 12.6. The maximum atomic E-state index is 5.41. The summed E-state index contributed by atoms with van der Waals surface area (Å²) in [5.41, 5.74) is 2.62. The fraction of sp³-hybridized carbons (Fsp3) is 0.421. The molecule has 0 unspecified atom stereocenters. The highest BCUT2D eigenvalue weighted by molar-refractivity contribution is 5.42. The number of methoxy groups -OCH3 is 2. The van der Waals surface area contributed by atoms with Gasteiger partial charge >= 0.3 is 0 Å². The molecule has 1 aliphatic rings. The number of piperazine rings is 1. The zero-order valence-electron chi connectivity index (χ0n) is 14.6. The monoisotopic (exact) mass is 330 g/mol. The van der Waals surface area contributed by atoms with Crippen LogP contribution in [0.3, 0.4) is 0 Å². The molecule has 1 aliphatic heterocycles. The Kier molecular flexibility index (Phi) is 5.67. The minimum Gasteiger partial charge on any atom is -0.493 e. The molecule has 3 N–H and O–H groups in total. The van der Waals surface area contributed by atoms with Gasteiger partial charge < -0.3 is 19.3 Å². The van der Waals surface area contributed by atoms with Gasteiger partial charge in [0.2, 0.25) is 5.69 Å². The van der Waals surface area contributed by atoms with E-state index in [1.165, 1.54) is 37.4 Å². The predicted molar refractivity (Wildman–Crippen MR) is 91.3 cm³/mol. The van der Waals surface area contributed by atoms with Crippen LogP contribution < -0.4 is 24.3 Å². The third-order valence-electron chi connectivity index (χ3n) is 4.78. The van der Waals surface area contributed by atoms with Gasteiger partial charge in [0.05, 0.1) is 14.2 Å². The fourth-order valence-corrected chi connectivity index (χ4v) is 3.40. The van der Waals surface area contributed by atoms with Crippen molar-refractivity contribution in [3.63, 3.8) is 0 Å². The Morgan fingerprint density at radius 3 is 2.21 bits per heavy atom. The van der Waals surface area contributed by atoms with E-state index in [0.29, 0.717) is 0 Å². The van der Waals surface area contributed by atoms with Crippen LogP contribution in [0.2, 0.25) is 0 Å². The SMILES string of the molecule is COc1ccc(C[NH+]2CC[NH+](Cc3cccc[nH+]3)CC2)cc1OC. The fourth-order valence-electron chi connectivity index (χ4n) is 3.40. The molecule has 2 heterocycles. The van der Waals surface area contributed by atoms with Gasteiger partial charge in [0.1, 0.15) is 32.7 Å². The third kappa shape index (κ3) is 4.24. The molecule has 1 aromatic heterocycles. The van der Waals surface area contributed by atoms with Gasteiger partial charge in [-0.15, -0.1) is 0 Å². The second-order valence-electron chi connectivity index (χ2n) is 6.43. The molecule has 0 spiro atoms. The molecule has 1 aromatic carbocycles. The van der Waals surface area contributed by atoms with Gasteiger partial charge in [-0.2, -0.15) is 0 Å². The first-order valence-corrected chi connectivity index (χ1v) is 8.62. The molecule has 2 aromatic rings. The van der Waals surface area contributed by atoms with Gasteiger partial charge in [-0.1, -0.05) is 0 Å². The van der Waals surface area contributed by atoms with Gasteiger partial charge in [-0.25, -0.2) is 4.98 Å². The molecule has 0 bridgehead atoms. The minimum absolute atomic E-state index is 0.796. The van der Waals surface area contributed by atoms with E-state index < -0.39 is 0 Å². The van der Waals surface area contributed by atoms with Crippen LogP contribution in [0, 0.1) is 0 Å². The number of pyridine rings is 1. The molecule has 1 saturated heterocycles. The lowest BCUT2D eigenvalue weighted by Gasteiger charge is -2.29. The van der Waals surface area contributed by atoms with E-state index >= 15 is 0 Å². The number of benzene rings is 1. The summed E-state index contributed by atoms with van der Waals surface area (Å²) in [5.74, 6) is 1.61. The second kappa shape index (κ2) is 8.13. The standard InChI is InChI=1S/C19H25N3O2/c1-23-18-7-6-16(13-19(18)24-2)14-21-9-11-22(12-10-21)15-17-5-3-4-8-20-17/h3-8,13H,9-12,14-15H2,1-2H3/p+3. The number of nitrogens with one attached hydrogen (secondary N) is 3. The van der Waals surface area contributed by atoms with Crippen molar-refractivity contribution in [2.24, 2.45) is 0 Å². The van der Waals surface area contributed by atoms with E-state index in [2.05, 4.69) is 29.2 Å². The van der Waals surface area contributed by atoms with Gasteiger partial charge in [-0.05, 0) is 24.3 Å². The number of hydrogen-bond donors (Lipinski definition) is 2. The zero-order chi connectivity index (χ0) is 16.8. The molecule has 0 aliphatic carbocycles. The van der Waals surface area contributed by atoms with Crippen molar-refractivity contribution in [2.75, 3.05) is 40.4 Å². The van der Waals surface area contributed by atoms with Crippen molar-refractivity contribution in [2.45, 2.75) is 13.1 Å². The number of rotatable bonds is 6. The van der Waals surface area contributed by atoms with E-state index in [1.54, 1.807) is 24.0 Å². The van der Waals surface area contributed by atoms with E-state index in [-0.39, 0.29) is 0 Å². The molecular weight excluding hydrogens is 302 g/mol. The topological polar surface area (TPSA) is 41.5 Å². The number of aromatic nitrogens is 1. The first-order chi connectivity index (χ1) is 11.8. The average Bonchev–Trinajstić information content (AvgIpc) is 2.64. The molecule has 5 heteroatoms. The smallest absolute Gasteiger partial charge is 0.234 e. The summed E-state index contributed by atoms with van der Waals surface area (Å²) >= 11 is 0. The molecule has 128 valence electrons. The summed E-state index contributed by atoms with van der Waals surface area (Å²) in [6.45, 7) is 6.97. The summed E-state index contributed by atoms with van der Waals surface area (Å²) in [7, 11) is 3.37. The normalized spacial score (nSPS) is 20.6. The number of ether oxygens (including phenoxy) is 2. The number of hydrogen-bond acceptors (Lipinski definition) is 2. The average molecular weight is 330 g/mol. The molecule has 3 rings (SSSR count). The molecule has 1 fully saturated rings. The van der Waals surface area contributed by atoms with Crippen LogP contribution in [-0.4, -0.2) is 40.4 Å². The molecule has 0 radical (unpaired) electrons. The van der Waals surface area contributed by atoms with Crippen molar-refractivity contribution >= 4 is 0 Å². The Bertz CT molecular complexity index is 640. The summed E-state index contributed by atoms with van der Waals surface area (Å²) in [4.78, 5) is 6.64. The predicted octanol–water partition coefficient (Wildman–Crippen LogP) is -0.998. The van der Waals surface area contributed by atoms with E-state index in [9.17, 15) is 0 Å². The van der Waals surface area contributed by atoms with E-state index in [1.807, 2.05) is 18.3 Å². The minimum atomic E-state index is 0.796. The van der Waals surface area contributed by atoms with Crippen molar-refractivity contribution < 1.29 is 24.3 Å². The summed E-state index contributed by atoms with van der Waals surface area (Å²) in [6.07, 6.45) is 2.01. The molecule has 0 saturated carbocycles. The lowest BCUT2D eigenvalue weighted by atomic mass is 10.1. The molecule has 0 atom stereocenters. The van der Waals surface area contributed by atoms with Crippen LogP contribution in [0.5, 0.6) is 11.5 Å². The lowest BCUT2D eigenvalue weighted by molar-refractivity contribution is -1.03. The highest BCUT2D eigenvalue weighted by Crippen LogP contribution is 2.27. The Morgan fingerprint density at radius 1 is 0.875 bits per heavy atom. The molecule has 5 nitrogen and oxygen atoms in total. The van der Waals surface area contributed by atoms with E-state index in [4.69, 9.17) is 9.47 Å². The Balaban J connectivity index is 1.52. The van der Waals surface area contributed by atoms with Crippen LogP contribution in [-0.2, 0) is 13.1 Å². The van der Waals surface area contributed by atoms with Gasteiger partial charge in [0.15, 0.2) is 24.2 Å². The lowest BCUT2D eigenvalue weighted by Crippen LogP contribution is -3.27. The highest BCUT2D eigenvalue weighted by atomic mass is 16.5. The Hall–Kier alpha value is -2.11. The summed E-state index contributed by atoms with van der Waals surface area (Å²) in [5, 5.41) is 0. The Labute approximate surface area is 143 Å². The highest BCUT2D eigenvalue weighted by Gasteiger charge is 2.24. The van der Waals surface area contributed by atoms with Crippen LogP contribution in [0.15, 0.2) is 42.6 Å². The van der Waals surface area contributed by atoms with Gasteiger partial charge in [0, 0.05) is 17.7 Å². The number of aromatic amines is 1. The maximum absolute atomic E-state index is 5.41. The van der Waals surface area contributed by atoms with Gasteiger partial charge in [0.25, 0.3) is 0 Å². The van der Waals surface area contributed by atoms with Crippen molar-refractivity contribution in [1.82, 2.24) is 0 Å². The van der Waals surface area contributed by atoms with Gasteiger partial charge in [-0.3, -0.25) is 0 Å². The van der Waals surface area contributed by atoms with Crippen molar-refractivity contribution in [3.8, 4) is 11.5 Å². The molecule has 0 amide bonds. The quantitative estimate of drug-likeness (QED) is 0.714. The third-order valence-corrected chi connectivity index (χ3v) is 4.78. The van der Waals surface area contributed by atoms with Crippen LogP contribution in [0.1, 0.15) is 11.3 Å².